The number of hydrogen-bond donors (Lipinski definition) is 1. The first-order valence-electron chi connectivity index (χ1n) is 6.90. The summed E-state index contributed by atoms with van der Waals surface area (Å²) >= 11 is 0. The third-order valence-electron chi connectivity index (χ3n) is 3.66. The van der Waals surface area contributed by atoms with Crippen LogP contribution in [0.25, 0.3) is 0 Å². The van der Waals surface area contributed by atoms with Crippen LogP contribution >= 0.6 is 0 Å². The quantitative estimate of drug-likeness (QED) is 0.927. The molecule has 1 fully saturated rings. The van der Waals surface area contributed by atoms with Gasteiger partial charge in [-0.3, -0.25) is 4.90 Å². The highest BCUT2D eigenvalue weighted by Crippen LogP contribution is 2.27. The van der Waals surface area contributed by atoms with Crippen LogP contribution in [-0.4, -0.2) is 41.3 Å². The van der Waals surface area contributed by atoms with Crippen LogP contribution in [0.5, 0.6) is 5.75 Å². The van der Waals surface area contributed by atoms with Gasteiger partial charge in [0.15, 0.2) is 0 Å². The summed E-state index contributed by atoms with van der Waals surface area (Å²) in [5.41, 5.74) is 1.91. The van der Waals surface area contributed by atoms with Gasteiger partial charge in [0.05, 0.1) is 11.4 Å². The minimum atomic E-state index is 0.355. The molecule has 1 aromatic carbocycles. The number of aromatic hydroxyl groups is 1. The smallest absolute Gasteiger partial charge is 0.138 e. The maximum absolute atomic E-state index is 9.89. The second kappa shape index (κ2) is 5.54. The van der Waals surface area contributed by atoms with E-state index in [0.29, 0.717) is 5.75 Å². The second-order valence-electron chi connectivity index (χ2n) is 5.18. The molecular weight excluding hydrogens is 254 g/mol. The molecule has 1 N–H and O–H groups in total. The van der Waals surface area contributed by atoms with Crippen LogP contribution in [0, 0.1) is 6.92 Å². The predicted molar refractivity (Wildman–Crippen MR) is 76.8 cm³/mol. The van der Waals surface area contributed by atoms with Crippen molar-refractivity contribution >= 4 is 5.69 Å². The Morgan fingerprint density at radius 1 is 1.20 bits per heavy atom. The molecule has 0 bridgehead atoms. The Balaban J connectivity index is 1.58. The minimum absolute atomic E-state index is 0.355. The molecule has 0 saturated carbocycles. The number of para-hydroxylation sites is 2. The summed E-state index contributed by atoms with van der Waals surface area (Å²) in [6, 6.07) is 9.49. The number of rotatable bonds is 3. The van der Waals surface area contributed by atoms with Gasteiger partial charge in [0.25, 0.3) is 0 Å². The van der Waals surface area contributed by atoms with E-state index in [1.54, 1.807) is 6.07 Å². The summed E-state index contributed by atoms with van der Waals surface area (Å²) in [6.45, 7) is 6.47. The van der Waals surface area contributed by atoms with Crippen molar-refractivity contribution in [3.63, 3.8) is 0 Å². The third-order valence-corrected chi connectivity index (χ3v) is 3.66. The number of phenolic OH excluding ortho intramolecular Hbond substituents is 1. The Morgan fingerprint density at radius 2 is 1.95 bits per heavy atom. The molecule has 0 unspecified atom stereocenters. The van der Waals surface area contributed by atoms with Gasteiger partial charge in [0.1, 0.15) is 11.5 Å². The molecule has 1 aliphatic heterocycles. The van der Waals surface area contributed by atoms with Crippen LogP contribution < -0.4 is 4.90 Å². The molecule has 1 saturated heterocycles. The van der Waals surface area contributed by atoms with Gasteiger partial charge in [-0.25, -0.2) is 0 Å². The lowest BCUT2D eigenvalue weighted by Crippen LogP contribution is -2.46. The van der Waals surface area contributed by atoms with E-state index in [0.717, 1.165) is 49.9 Å². The molecule has 5 nitrogen and oxygen atoms in total. The molecule has 20 heavy (non-hydrogen) atoms. The van der Waals surface area contributed by atoms with Crippen molar-refractivity contribution in [1.29, 1.82) is 0 Å². The van der Waals surface area contributed by atoms with E-state index in [9.17, 15) is 5.11 Å². The summed E-state index contributed by atoms with van der Waals surface area (Å²) in [5, 5.41) is 13.9. The number of anilines is 1. The van der Waals surface area contributed by atoms with Crippen molar-refractivity contribution in [3.8, 4) is 5.75 Å². The molecule has 3 rings (SSSR count). The van der Waals surface area contributed by atoms with Gasteiger partial charge in [0.2, 0.25) is 0 Å². The number of aryl methyl sites for hydroxylation is 1. The van der Waals surface area contributed by atoms with Gasteiger partial charge in [-0.2, -0.15) is 0 Å². The summed E-state index contributed by atoms with van der Waals surface area (Å²) in [4.78, 5) is 4.58. The van der Waals surface area contributed by atoms with E-state index in [1.165, 1.54) is 0 Å². The molecule has 2 heterocycles. The van der Waals surface area contributed by atoms with Gasteiger partial charge < -0.3 is 14.5 Å². The Bertz CT molecular complexity index is 574. The topological polar surface area (TPSA) is 52.7 Å². The van der Waals surface area contributed by atoms with Crippen LogP contribution in [0.2, 0.25) is 0 Å². The Labute approximate surface area is 118 Å². The number of hydrogen-bond acceptors (Lipinski definition) is 5. The van der Waals surface area contributed by atoms with Crippen molar-refractivity contribution in [3.05, 3.63) is 41.8 Å². The first-order chi connectivity index (χ1) is 9.72. The summed E-state index contributed by atoms with van der Waals surface area (Å²) in [5.74, 6) is 1.21. The van der Waals surface area contributed by atoms with Crippen molar-refractivity contribution < 1.29 is 9.63 Å². The highest BCUT2D eigenvalue weighted by atomic mass is 16.5. The Kier molecular flexibility index (Phi) is 3.60. The molecule has 2 aromatic rings. The van der Waals surface area contributed by atoms with Gasteiger partial charge in [0, 0.05) is 38.8 Å². The molecule has 5 heteroatoms. The fourth-order valence-corrected chi connectivity index (χ4v) is 2.60. The number of phenols is 1. The zero-order chi connectivity index (χ0) is 13.9. The van der Waals surface area contributed by atoms with Gasteiger partial charge in [-0.05, 0) is 19.1 Å². The van der Waals surface area contributed by atoms with Gasteiger partial charge >= 0.3 is 0 Å². The lowest BCUT2D eigenvalue weighted by molar-refractivity contribution is 0.241. The SMILES string of the molecule is Cc1cc(CN2CCN(c3ccccc3O)CC2)no1. The molecule has 1 aromatic heterocycles. The third kappa shape index (κ3) is 2.77. The van der Waals surface area contributed by atoms with Crippen LogP contribution in [-0.2, 0) is 6.54 Å². The number of piperazine rings is 1. The molecule has 0 amide bonds. The van der Waals surface area contributed by atoms with E-state index < -0.39 is 0 Å². The van der Waals surface area contributed by atoms with E-state index in [2.05, 4.69) is 15.0 Å². The van der Waals surface area contributed by atoms with E-state index in [4.69, 9.17) is 4.52 Å². The summed E-state index contributed by atoms with van der Waals surface area (Å²) in [6.07, 6.45) is 0. The zero-order valence-electron chi connectivity index (χ0n) is 11.6. The maximum Gasteiger partial charge on any atom is 0.138 e. The molecular formula is C15H19N3O2. The second-order valence-corrected chi connectivity index (χ2v) is 5.18. The number of nitrogens with zero attached hydrogens (tertiary/aromatic N) is 3. The largest absolute Gasteiger partial charge is 0.506 e. The molecule has 0 atom stereocenters. The number of aromatic nitrogens is 1. The fraction of sp³-hybridized carbons (Fsp3) is 0.400. The highest BCUT2D eigenvalue weighted by molar-refractivity contribution is 5.57. The molecule has 0 spiro atoms. The molecule has 1 aliphatic rings. The lowest BCUT2D eigenvalue weighted by Gasteiger charge is -2.35. The van der Waals surface area contributed by atoms with Crippen LogP contribution in [0.4, 0.5) is 5.69 Å². The standard InChI is InChI=1S/C15H19N3O2/c1-12-10-13(16-20-12)11-17-6-8-18(9-7-17)14-4-2-3-5-15(14)19/h2-5,10,19H,6-9,11H2,1H3. The summed E-state index contributed by atoms with van der Waals surface area (Å²) < 4.78 is 5.09. The average Bonchev–Trinajstić information content (AvgIpc) is 2.86. The lowest BCUT2D eigenvalue weighted by atomic mass is 10.2. The zero-order valence-corrected chi connectivity index (χ0v) is 11.6. The first kappa shape index (κ1) is 13.0. The van der Waals surface area contributed by atoms with Gasteiger partial charge in [-0.1, -0.05) is 17.3 Å². The van der Waals surface area contributed by atoms with Crippen LogP contribution in [0.1, 0.15) is 11.5 Å². The van der Waals surface area contributed by atoms with Crippen molar-refractivity contribution in [2.45, 2.75) is 13.5 Å². The van der Waals surface area contributed by atoms with Gasteiger partial charge in [-0.15, -0.1) is 0 Å². The van der Waals surface area contributed by atoms with Crippen molar-refractivity contribution in [2.24, 2.45) is 0 Å². The van der Waals surface area contributed by atoms with Crippen LogP contribution in [0.3, 0.4) is 0 Å². The predicted octanol–water partition coefficient (Wildman–Crippen LogP) is 2.01. The van der Waals surface area contributed by atoms with E-state index in [1.807, 2.05) is 31.2 Å². The van der Waals surface area contributed by atoms with Crippen molar-refractivity contribution in [2.75, 3.05) is 31.1 Å². The Morgan fingerprint density at radius 3 is 2.60 bits per heavy atom. The summed E-state index contributed by atoms with van der Waals surface area (Å²) in [7, 11) is 0. The molecule has 0 aliphatic carbocycles. The molecule has 106 valence electrons. The average molecular weight is 273 g/mol. The van der Waals surface area contributed by atoms with Crippen LogP contribution in [0.15, 0.2) is 34.9 Å². The van der Waals surface area contributed by atoms with E-state index in [-0.39, 0.29) is 0 Å². The number of benzene rings is 1. The maximum atomic E-state index is 9.89. The first-order valence-corrected chi connectivity index (χ1v) is 6.90. The Hall–Kier alpha value is -2.01. The normalized spacial score (nSPS) is 16.6. The molecule has 0 radical (unpaired) electrons. The fourth-order valence-electron chi connectivity index (χ4n) is 2.60. The monoisotopic (exact) mass is 273 g/mol. The van der Waals surface area contributed by atoms with Crippen molar-refractivity contribution in [1.82, 2.24) is 10.1 Å². The minimum Gasteiger partial charge on any atom is -0.506 e. The highest BCUT2D eigenvalue weighted by Gasteiger charge is 2.19. The van der Waals surface area contributed by atoms with E-state index >= 15 is 0 Å².